The Labute approximate surface area is 86.9 Å². The first-order chi connectivity index (χ1) is 5.65. The summed E-state index contributed by atoms with van der Waals surface area (Å²) < 4.78 is 0. The number of hydrogen-bond acceptors (Lipinski definition) is 2. The van der Waals surface area contributed by atoms with Crippen molar-refractivity contribution in [2.24, 2.45) is 5.73 Å². The zero-order valence-corrected chi connectivity index (χ0v) is 8.23. The maximum Gasteiger partial charge on any atom is 0.335 e. The van der Waals surface area contributed by atoms with Crippen LogP contribution in [0.2, 0.25) is 5.02 Å². The van der Waals surface area contributed by atoms with Crippen molar-refractivity contribution in [2.45, 2.75) is 6.54 Å². The summed E-state index contributed by atoms with van der Waals surface area (Å²) in [6, 6.07) is 4.49. The van der Waals surface area contributed by atoms with Crippen LogP contribution in [0.4, 0.5) is 0 Å². The summed E-state index contributed by atoms with van der Waals surface area (Å²) in [5.74, 6) is -0.986. The third-order valence-corrected chi connectivity index (χ3v) is 1.87. The second kappa shape index (κ2) is 5.07. The summed E-state index contributed by atoms with van der Waals surface area (Å²) in [4.78, 5) is 10.5. The number of nitrogens with two attached hydrogens (primary N) is 1. The normalized spacial score (nSPS) is 9.08. The Morgan fingerprint density at radius 1 is 1.54 bits per heavy atom. The number of carboxylic acids is 1. The molecule has 5 heteroatoms. The average Bonchev–Trinajstić information content (AvgIpc) is 2.04. The molecule has 0 spiro atoms. The van der Waals surface area contributed by atoms with Crippen LogP contribution >= 0.6 is 24.0 Å². The molecule has 0 heterocycles. The zero-order valence-electron chi connectivity index (χ0n) is 6.66. The van der Waals surface area contributed by atoms with E-state index in [9.17, 15) is 4.79 Å². The smallest absolute Gasteiger partial charge is 0.335 e. The third-order valence-electron chi connectivity index (χ3n) is 1.52. The van der Waals surface area contributed by atoms with Crippen molar-refractivity contribution in [3.8, 4) is 0 Å². The molecular formula is C8H9Cl2NO2. The summed E-state index contributed by atoms with van der Waals surface area (Å²) in [6.07, 6.45) is 0. The Bertz CT molecular complexity index is 315. The lowest BCUT2D eigenvalue weighted by atomic mass is 10.1. The van der Waals surface area contributed by atoms with E-state index >= 15 is 0 Å². The lowest BCUT2D eigenvalue weighted by Gasteiger charge is -2.00. The van der Waals surface area contributed by atoms with Gasteiger partial charge in [0, 0.05) is 11.6 Å². The molecular weight excluding hydrogens is 213 g/mol. The Morgan fingerprint density at radius 3 is 2.54 bits per heavy atom. The van der Waals surface area contributed by atoms with Crippen LogP contribution in [0.5, 0.6) is 0 Å². The van der Waals surface area contributed by atoms with Crippen molar-refractivity contribution in [1.82, 2.24) is 0 Å². The predicted octanol–water partition coefficient (Wildman–Crippen LogP) is 1.92. The van der Waals surface area contributed by atoms with Crippen molar-refractivity contribution in [3.63, 3.8) is 0 Å². The van der Waals surface area contributed by atoms with E-state index in [0.717, 1.165) is 5.56 Å². The minimum Gasteiger partial charge on any atom is -0.478 e. The van der Waals surface area contributed by atoms with Crippen LogP contribution in [-0.4, -0.2) is 11.1 Å². The Kier molecular flexibility index (Phi) is 4.77. The first-order valence-corrected chi connectivity index (χ1v) is 3.74. The van der Waals surface area contributed by atoms with Crippen LogP contribution < -0.4 is 5.73 Å². The number of rotatable bonds is 2. The number of aromatic carboxylic acids is 1. The molecule has 13 heavy (non-hydrogen) atoms. The number of halogens is 2. The molecule has 0 bridgehead atoms. The third kappa shape index (κ3) is 2.88. The zero-order chi connectivity index (χ0) is 9.14. The molecule has 0 aliphatic rings. The Morgan fingerprint density at radius 2 is 2.15 bits per heavy atom. The molecule has 0 unspecified atom stereocenters. The lowest BCUT2D eigenvalue weighted by molar-refractivity contribution is 0.0697. The Balaban J connectivity index is 0.00000144. The minimum absolute atomic E-state index is 0. The lowest BCUT2D eigenvalue weighted by Crippen LogP contribution is -2.00. The van der Waals surface area contributed by atoms with Gasteiger partial charge >= 0.3 is 5.97 Å². The van der Waals surface area contributed by atoms with Crippen LogP contribution in [0.15, 0.2) is 18.2 Å². The maximum atomic E-state index is 10.5. The highest BCUT2D eigenvalue weighted by atomic mass is 35.5. The summed E-state index contributed by atoms with van der Waals surface area (Å²) >= 11 is 5.73. The molecule has 0 amide bonds. The summed E-state index contributed by atoms with van der Waals surface area (Å²) in [7, 11) is 0. The van der Waals surface area contributed by atoms with Crippen molar-refractivity contribution < 1.29 is 9.90 Å². The molecule has 0 aliphatic heterocycles. The van der Waals surface area contributed by atoms with Gasteiger partial charge < -0.3 is 10.8 Å². The van der Waals surface area contributed by atoms with Gasteiger partial charge in [-0.3, -0.25) is 0 Å². The van der Waals surface area contributed by atoms with E-state index in [-0.39, 0.29) is 18.0 Å². The fourth-order valence-electron chi connectivity index (χ4n) is 0.846. The average molecular weight is 222 g/mol. The fourth-order valence-corrected chi connectivity index (χ4v) is 1.10. The molecule has 0 aliphatic carbocycles. The molecule has 0 fully saturated rings. The van der Waals surface area contributed by atoms with Gasteiger partial charge in [-0.2, -0.15) is 0 Å². The number of carbonyl (C=O) groups is 1. The highest BCUT2D eigenvalue weighted by Gasteiger charge is 2.05. The molecule has 3 nitrogen and oxygen atoms in total. The van der Waals surface area contributed by atoms with Crippen LogP contribution in [0, 0.1) is 0 Å². The van der Waals surface area contributed by atoms with Gasteiger partial charge in [0.25, 0.3) is 0 Å². The molecule has 1 rings (SSSR count). The first-order valence-electron chi connectivity index (χ1n) is 3.37. The van der Waals surface area contributed by atoms with E-state index in [1.165, 1.54) is 12.1 Å². The second-order valence-electron chi connectivity index (χ2n) is 2.32. The van der Waals surface area contributed by atoms with Crippen molar-refractivity contribution >= 4 is 30.0 Å². The van der Waals surface area contributed by atoms with Crippen LogP contribution in [0.25, 0.3) is 0 Å². The number of hydrogen-bond donors (Lipinski definition) is 2. The van der Waals surface area contributed by atoms with Crippen LogP contribution in [-0.2, 0) is 6.54 Å². The van der Waals surface area contributed by atoms with Gasteiger partial charge in [-0.1, -0.05) is 17.7 Å². The minimum atomic E-state index is -0.986. The molecule has 72 valence electrons. The maximum absolute atomic E-state index is 10.5. The molecule has 0 atom stereocenters. The first kappa shape index (κ1) is 12.2. The van der Waals surface area contributed by atoms with Gasteiger partial charge in [-0.15, -0.1) is 12.4 Å². The van der Waals surface area contributed by atoms with Gasteiger partial charge in [-0.25, -0.2) is 4.79 Å². The number of benzene rings is 1. The van der Waals surface area contributed by atoms with Gasteiger partial charge in [0.1, 0.15) is 0 Å². The van der Waals surface area contributed by atoms with Crippen molar-refractivity contribution in [3.05, 3.63) is 34.3 Å². The van der Waals surface area contributed by atoms with E-state index in [4.69, 9.17) is 22.4 Å². The SMILES string of the molecule is Cl.NCc1ccc(C(=O)O)cc1Cl. The van der Waals surface area contributed by atoms with E-state index in [2.05, 4.69) is 0 Å². The van der Waals surface area contributed by atoms with Gasteiger partial charge in [0.15, 0.2) is 0 Å². The van der Waals surface area contributed by atoms with E-state index in [1.807, 2.05) is 0 Å². The molecule has 0 aromatic heterocycles. The van der Waals surface area contributed by atoms with E-state index in [1.54, 1.807) is 6.07 Å². The number of carboxylic acid groups (broad SMARTS) is 1. The second-order valence-corrected chi connectivity index (χ2v) is 2.72. The highest BCUT2D eigenvalue weighted by molar-refractivity contribution is 6.31. The largest absolute Gasteiger partial charge is 0.478 e. The molecule has 0 saturated heterocycles. The standard InChI is InChI=1S/C8H8ClNO2.ClH/c9-7-3-5(8(11)12)1-2-6(7)4-10;/h1-3H,4,10H2,(H,11,12);1H. The van der Waals surface area contributed by atoms with E-state index in [0.29, 0.717) is 11.6 Å². The summed E-state index contributed by atoms with van der Waals surface area (Å²) in [6.45, 7) is 0.318. The monoisotopic (exact) mass is 221 g/mol. The molecule has 0 radical (unpaired) electrons. The van der Waals surface area contributed by atoms with Gasteiger partial charge in [0.05, 0.1) is 5.56 Å². The summed E-state index contributed by atoms with van der Waals surface area (Å²) in [5.41, 5.74) is 6.27. The van der Waals surface area contributed by atoms with Crippen LogP contribution in [0.1, 0.15) is 15.9 Å². The molecule has 1 aromatic rings. The molecule has 1 aromatic carbocycles. The van der Waals surface area contributed by atoms with Crippen molar-refractivity contribution in [2.75, 3.05) is 0 Å². The molecule has 3 N–H and O–H groups in total. The van der Waals surface area contributed by atoms with Gasteiger partial charge in [-0.05, 0) is 17.7 Å². The van der Waals surface area contributed by atoms with Gasteiger partial charge in [0.2, 0.25) is 0 Å². The quantitative estimate of drug-likeness (QED) is 0.803. The van der Waals surface area contributed by atoms with E-state index < -0.39 is 5.97 Å². The predicted molar refractivity (Wildman–Crippen MR) is 53.6 cm³/mol. The fraction of sp³-hybridized carbons (Fsp3) is 0.125. The molecule has 0 saturated carbocycles. The summed E-state index contributed by atoms with van der Waals surface area (Å²) in [5, 5.41) is 8.98. The highest BCUT2D eigenvalue weighted by Crippen LogP contribution is 2.17. The topological polar surface area (TPSA) is 63.3 Å². The van der Waals surface area contributed by atoms with Crippen LogP contribution in [0.3, 0.4) is 0 Å². The Hall–Kier alpha value is -0.770. The van der Waals surface area contributed by atoms with Crippen molar-refractivity contribution in [1.29, 1.82) is 0 Å².